The lowest BCUT2D eigenvalue weighted by atomic mass is 10.2. The monoisotopic (exact) mass is 570 g/mol. The van der Waals surface area contributed by atoms with Crippen LogP contribution in [-0.4, -0.2) is 92.3 Å². The number of H-pyrrole nitrogens is 1. The van der Waals surface area contributed by atoms with Gasteiger partial charge in [-0.25, -0.2) is 15.0 Å². The summed E-state index contributed by atoms with van der Waals surface area (Å²) < 4.78 is 11.7. The first-order chi connectivity index (χ1) is 18.5. The Balaban J connectivity index is 1.15. The van der Waals surface area contributed by atoms with E-state index in [9.17, 15) is 9.00 Å². The van der Waals surface area contributed by atoms with Crippen LogP contribution in [-0.2, 0) is 15.6 Å². The highest BCUT2D eigenvalue weighted by Crippen LogP contribution is 2.34. The van der Waals surface area contributed by atoms with Crippen molar-refractivity contribution in [3.63, 3.8) is 0 Å². The van der Waals surface area contributed by atoms with Gasteiger partial charge in [-0.05, 0) is 24.3 Å². The summed E-state index contributed by atoms with van der Waals surface area (Å²) in [4.78, 5) is 35.8. The molecule has 10 nitrogen and oxygen atoms in total. The molecule has 5 heterocycles. The van der Waals surface area contributed by atoms with Crippen LogP contribution in [0.3, 0.4) is 0 Å². The van der Waals surface area contributed by atoms with E-state index >= 15 is 0 Å². The lowest BCUT2D eigenvalue weighted by Crippen LogP contribution is -2.48. The zero-order valence-corrected chi connectivity index (χ0v) is 23.0. The average Bonchev–Trinajstić information content (AvgIpc) is 3.60. The quantitative estimate of drug-likeness (QED) is 0.364. The number of carbonyl (C=O) groups is 1. The molecule has 0 saturated carbocycles. The number of benzene rings is 1. The Kier molecular flexibility index (Phi) is 7.28. The molecule has 1 aromatic carbocycles. The molecule has 38 heavy (non-hydrogen) atoms. The number of imidazole rings is 1. The van der Waals surface area contributed by atoms with Crippen LogP contribution >= 0.6 is 22.9 Å². The van der Waals surface area contributed by atoms with Crippen LogP contribution in [0.2, 0.25) is 5.02 Å². The van der Waals surface area contributed by atoms with E-state index in [0.29, 0.717) is 33.9 Å². The highest BCUT2D eigenvalue weighted by Gasteiger charge is 2.24. The molecule has 0 radical (unpaired) electrons. The first-order valence-corrected chi connectivity index (χ1v) is 15.2. The Morgan fingerprint density at radius 2 is 1.82 bits per heavy atom. The molecule has 2 saturated heterocycles. The summed E-state index contributed by atoms with van der Waals surface area (Å²) in [6.45, 7) is 4.88. The molecule has 2 fully saturated rings. The number of piperazine rings is 1. The lowest BCUT2D eigenvalue weighted by molar-refractivity contribution is -0.117. The van der Waals surface area contributed by atoms with Crippen molar-refractivity contribution in [1.82, 2.24) is 24.8 Å². The minimum atomic E-state index is -0.696. The number of amides is 1. The first-order valence-electron chi connectivity index (χ1n) is 12.4. The topological polar surface area (TPSA) is 110 Å². The van der Waals surface area contributed by atoms with E-state index in [1.165, 1.54) is 11.3 Å². The summed E-state index contributed by atoms with van der Waals surface area (Å²) in [6.07, 6.45) is 3.33. The molecule has 2 aliphatic rings. The molecule has 4 aromatic rings. The van der Waals surface area contributed by atoms with Crippen molar-refractivity contribution >= 4 is 67.3 Å². The van der Waals surface area contributed by atoms with Gasteiger partial charge < -0.3 is 20.1 Å². The van der Waals surface area contributed by atoms with E-state index in [1.807, 2.05) is 5.38 Å². The molecule has 13 heteroatoms. The molecule has 0 bridgehead atoms. The van der Waals surface area contributed by atoms with Crippen molar-refractivity contribution in [3.8, 4) is 11.4 Å². The number of nitrogens with one attached hydrogen (secondary N) is 2. The van der Waals surface area contributed by atoms with Crippen LogP contribution in [0.5, 0.6) is 0 Å². The molecule has 1 amide bonds. The molecule has 0 aliphatic carbocycles. The molecule has 2 N–H and O–H groups in total. The molecule has 3 aromatic heterocycles. The summed E-state index contributed by atoms with van der Waals surface area (Å²) in [7, 11) is -0.696. The van der Waals surface area contributed by atoms with E-state index in [2.05, 4.69) is 59.2 Å². The second kappa shape index (κ2) is 11.0. The predicted octanol–water partition coefficient (Wildman–Crippen LogP) is 3.06. The van der Waals surface area contributed by atoms with Gasteiger partial charge in [-0.1, -0.05) is 11.6 Å². The Bertz CT molecular complexity index is 1440. The zero-order chi connectivity index (χ0) is 26.1. The number of pyridine rings is 1. The van der Waals surface area contributed by atoms with Crippen LogP contribution in [0.1, 0.15) is 0 Å². The molecule has 6 rings (SSSR count). The lowest BCUT2D eigenvalue weighted by Gasteiger charge is -2.36. The third-order valence-corrected chi connectivity index (χ3v) is 9.11. The van der Waals surface area contributed by atoms with Crippen LogP contribution < -0.4 is 15.1 Å². The van der Waals surface area contributed by atoms with Crippen molar-refractivity contribution in [1.29, 1.82) is 0 Å². The molecule has 2 aliphatic heterocycles. The van der Waals surface area contributed by atoms with E-state index in [-0.39, 0.29) is 5.91 Å². The van der Waals surface area contributed by atoms with E-state index < -0.39 is 10.8 Å². The number of carbonyl (C=O) groups excluding carboxylic acids is 1. The van der Waals surface area contributed by atoms with Crippen molar-refractivity contribution in [2.45, 2.75) is 0 Å². The standard InChI is InChI=1S/C25H27ClN8O2S2/c26-19-15-28-24-21(22(19)34-8-6-32(7-9-34)16-20(35)29-25-27-5-12-37-25)30-23(31-24)17-1-3-18(4-2-17)33-10-13-38(36)14-11-33/h1-5,12,15H,6-11,13-14,16H2,(H,27,29,35)(H,28,30,31). The molecular formula is C25H27ClN8O2S2. The third-order valence-electron chi connectivity index (χ3n) is 6.87. The van der Waals surface area contributed by atoms with Crippen LogP contribution in [0.4, 0.5) is 16.5 Å². The van der Waals surface area contributed by atoms with Gasteiger partial charge in [0.15, 0.2) is 10.8 Å². The summed E-state index contributed by atoms with van der Waals surface area (Å²) in [5.74, 6) is 2.11. The molecule has 0 unspecified atom stereocenters. The smallest absolute Gasteiger partial charge is 0.240 e. The van der Waals surface area contributed by atoms with Crippen LogP contribution in [0, 0.1) is 0 Å². The van der Waals surface area contributed by atoms with Gasteiger partial charge >= 0.3 is 0 Å². The van der Waals surface area contributed by atoms with Gasteiger partial charge in [0.05, 0.1) is 23.5 Å². The maximum Gasteiger partial charge on any atom is 0.240 e. The minimum Gasteiger partial charge on any atom is -0.370 e. The molecule has 0 atom stereocenters. The number of thiazole rings is 1. The van der Waals surface area contributed by atoms with Crippen molar-refractivity contribution in [3.05, 3.63) is 47.1 Å². The number of hydrogen-bond donors (Lipinski definition) is 2. The van der Waals surface area contributed by atoms with Gasteiger partial charge in [-0.3, -0.25) is 13.9 Å². The number of rotatable bonds is 6. The molecule has 198 valence electrons. The second-order valence-corrected chi connectivity index (χ2v) is 12.3. The van der Waals surface area contributed by atoms with Crippen molar-refractivity contribution in [2.75, 3.05) is 72.4 Å². The van der Waals surface area contributed by atoms with Crippen LogP contribution in [0.15, 0.2) is 42.0 Å². The fourth-order valence-electron chi connectivity index (χ4n) is 4.87. The van der Waals surface area contributed by atoms with E-state index in [1.54, 1.807) is 12.4 Å². The molecular weight excluding hydrogens is 544 g/mol. The first kappa shape index (κ1) is 25.2. The maximum absolute atomic E-state index is 12.4. The Labute approximate surface area is 231 Å². The second-order valence-electron chi connectivity index (χ2n) is 9.27. The largest absolute Gasteiger partial charge is 0.370 e. The number of halogens is 1. The summed E-state index contributed by atoms with van der Waals surface area (Å²) in [5.41, 5.74) is 4.41. The maximum atomic E-state index is 12.4. The number of hydrogen-bond acceptors (Lipinski definition) is 9. The fourth-order valence-corrected chi connectivity index (χ4v) is 6.73. The number of aromatic amines is 1. The fraction of sp³-hybridized carbons (Fsp3) is 0.360. The van der Waals surface area contributed by atoms with E-state index in [4.69, 9.17) is 16.6 Å². The zero-order valence-electron chi connectivity index (χ0n) is 20.6. The summed E-state index contributed by atoms with van der Waals surface area (Å²) in [6, 6.07) is 8.27. The van der Waals surface area contributed by atoms with Gasteiger partial charge in [-0.2, -0.15) is 0 Å². The van der Waals surface area contributed by atoms with Crippen molar-refractivity contribution < 1.29 is 9.00 Å². The van der Waals surface area contributed by atoms with E-state index in [0.717, 1.165) is 67.5 Å². The van der Waals surface area contributed by atoms with Crippen molar-refractivity contribution in [2.24, 2.45) is 0 Å². The average molecular weight is 571 g/mol. The Hall–Kier alpha value is -3.06. The summed E-state index contributed by atoms with van der Waals surface area (Å²) >= 11 is 8.06. The minimum absolute atomic E-state index is 0.0581. The van der Waals surface area contributed by atoms with Gasteiger partial charge in [0.1, 0.15) is 11.3 Å². The van der Waals surface area contributed by atoms with Crippen LogP contribution in [0.25, 0.3) is 22.6 Å². The number of anilines is 3. The predicted molar refractivity (Wildman–Crippen MR) is 154 cm³/mol. The van der Waals surface area contributed by atoms with Gasteiger partial charge in [0.25, 0.3) is 0 Å². The number of fused-ring (bicyclic) bond motifs is 1. The SMILES string of the molecule is O=C(CN1CCN(c2c(Cl)cnc3nc(-c4ccc(N5CCS(=O)CC5)cc4)[nH]c23)CC1)Nc1nccs1. The highest BCUT2D eigenvalue weighted by atomic mass is 35.5. The number of aromatic nitrogens is 4. The Morgan fingerprint density at radius 1 is 1.05 bits per heavy atom. The highest BCUT2D eigenvalue weighted by molar-refractivity contribution is 7.85. The Morgan fingerprint density at radius 3 is 2.53 bits per heavy atom. The van der Waals surface area contributed by atoms with Gasteiger partial charge in [0.2, 0.25) is 5.91 Å². The number of nitrogens with zero attached hydrogens (tertiary/aromatic N) is 6. The van der Waals surface area contributed by atoms with Gasteiger partial charge in [-0.15, -0.1) is 11.3 Å². The van der Waals surface area contributed by atoms with Gasteiger partial charge in [0, 0.05) is 84.4 Å². The third kappa shape index (κ3) is 5.39. The molecule has 0 spiro atoms. The normalized spacial score (nSPS) is 17.3. The summed E-state index contributed by atoms with van der Waals surface area (Å²) in [5, 5.41) is 5.87.